The molecule has 2 aromatic carbocycles. The standard InChI is InChI=1S/C23H17N5O4S/c29-28(30)20-13-11-16(31-20)10-12-19-24-18-9-5-4-8-17(18)21-22(32-19)25-23(27-26-21)33-14-15-6-2-1-3-7-15/h1-13,19,24H,14H2/b12-10+. The second-order valence-electron chi connectivity index (χ2n) is 7.04. The molecule has 0 bridgehead atoms. The molecule has 0 radical (unpaired) electrons. The van der Waals surface area contributed by atoms with Crippen LogP contribution in [0.1, 0.15) is 11.3 Å². The number of hydrogen-bond acceptors (Lipinski definition) is 9. The van der Waals surface area contributed by atoms with Crippen molar-refractivity contribution in [3.05, 3.63) is 94.2 Å². The van der Waals surface area contributed by atoms with Gasteiger partial charge in [-0.15, -0.1) is 10.2 Å². The van der Waals surface area contributed by atoms with E-state index in [4.69, 9.17) is 9.15 Å². The minimum atomic E-state index is -0.611. The van der Waals surface area contributed by atoms with E-state index in [1.54, 1.807) is 12.2 Å². The second-order valence-corrected chi connectivity index (χ2v) is 7.99. The Morgan fingerprint density at radius 1 is 1.06 bits per heavy atom. The van der Waals surface area contributed by atoms with Gasteiger partial charge >= 0.3 is 5.88 Å². The number of furan rings is 1. The summed E-state index contributed by atoms with van der Waals surface area (Å²) in [6, 6.07) is 20.5. The number of anilines is 1. The van der Waals surface area contributed by atoms with E-state index in [0.29, 0.717) is 28.2 Å². The third-order valence-electron chi connectivity index (χ3n) is 4.79. The Morgan fingerprint density at radius 2 is 1.88 bits per heavy atom. The summed E-state index contributed by atoms with van der Waals surface area (Å²) in [7, 11) is 0. The van der Waals surface area contributed by atoms with E-state index in [1.165, 1.54) is 23.9 Å². The summed E-state index contributed by atoms with van der Waals surface area (Å²) in [6.07, 6.45) is 2.70. The number of nitrogens with zero attached hydrogens (tertiary/aromatic N) is 4. The van der Waals surface area contributed by atoms with Crippen molar-refractivity contribution >= 4 is 29.4 Å². The maximum atomic E-state index is 10.8. The molecule has 0 aliphatic carbocycles. The van der Waals surface area contributed by atoms with Gasteiger partial charge in [0, 0.05) is 17.0 Å². The number of thioether (sulfide) groups is 1. The van der Waals surface area contributed by atoms with Crippen LogP contribution in [-0.4, -0.2) is 26.3 Å². The zero-order valence-corrected chi connectivity index (χ0v) is 17.9. The molecule has 5 rings (SSSR count). The van der Waals surface area contributed by atoms with Gasteiger partial charge in [-0.25, -0.2) is 0 Å². The molecule has 9 nitrogen and oxygen atoms in total. The van der Waals surface area contributed by atoms with E-state index in [1.807, 2.05) is 54.6 Å². The van der Waals surface area contributed by atoms with Crippen molar-refractivity contribution < 1.29 is 14.1 Å². The summed E-state index contributed by atoms with van der Waals surface area (Å²) in [5.74, 6) is 1.07. The maximum absolute atomic E-state index is 10.8. The molecule has 1 aliphatic rings. The Balaban J connectivity index is 1.42. The smallest absolute Gasteiger partial charge is 0.433 e. The van der Waals surface area contributed by atoms with Gasteiger partial charge < -0.3 is 14.5 Å². The fourth-order valence-electron chi connectivity index (χ4n) is 3.25. The van der Waals surface area contributed by atoms with Crippen LogP contribution in [-0.2, 0) is 5.75 Å². The molecule has 33 heavy (non-hydrogen) atoms. The van der Waals surface area contributed by atoms with Crippen molar-refractivity contribution in [3.63, 3.8) is 0 Å². The Hall–Kier alpha value is -4.18. The molecule has 2 aromatic heterocycles. The fraction of sp³-hybridized carbons (Fsp3) is 0.0870. The Labute approximate surface area is 192 Å². The minimum Gasteiger partial charge on any atom is -0.448 e. The largest absolute Gasteiger partial charge is 0.448 e. The highest BCUT2D eigenvalue weighted by Gasteiger charge is 2.24. The lowest BCUT2D eigenvalue weighted by molar-refractivity contribution is -0.402. The van der Waals surface area contributed by atoms with Gasteiger partial charge in [0.15, 0.2) is 11.9 Å². The lowest BCUT2D eigenvalue weighted by atomic mass is 10.1. The van der Waals surface area contributed by atoms with E-state index in [-0.39, 0.29) is 5.88 Å². The number of aromatic nitrogens is 3. The summed E-state index contributed by atoms with van der Waals surface area (Å²) in [4.78, 5) is 14.9. The molecular weight excluding hydrogens is 442 g/mol. The lowest BCUT2D eigenvalue weighted by Gasteiger charge is -2.15. The molecule has 1 aliphatic heterocycles. The highest BCUT2D eigenvalue weighted by Crippen LogP contribution is 2.36. The van der Waals surface area contributed by atoms with E-state index >= 15 is 0 Å². The number of fused-ring (bicyclic) bond motifs is 3. The quantitative estimate of drug-likeness (QED) is 0.236. The zero-order valence-electron chi connectivity index (χ0n) is 17.1. The van der Waals surface area contributed by atoms with Crippen LogP contribution in [0, 0.1) is 10.1 Å². The van der Waals surface area contributed by atoms with Crippen molar-refractivity contribution in [2.45, 2.75) is 17.1 Å². The third kappa shape index (κ3) is 4.70. The molecule has 4 aromatic rings. The first-order valence-electron chi connectivity index (χ1n) is 10.0. The summed E-state index contributed by atoms with van der Waals surface area (Å²) < 4.78 is 11.3. The van der Waals surface area contributed by atoms with Crippen LogP contribution >= 0.6 is 11.8 Å². The van der Waals surface area contributed by atoms with Gasteiger partial charge in [0.05, 0.1) is 6.07 Å². The molecule has 1 atom stereocenters. The van der Waals surface area contributed by atoms with Crippen LogP contribution < -0.4 is 10.1 Å². The van der Waals surface area contributed by atoms with Gasteiger partial charge in [-0.2, -0.15) is 4.98 Å². The molecule has 0 amide bonds. The number of nitro groups is 1. The van der Waals surface area contributed by atoms with Gasteiger partial charge in [0.25, 0.3) is 0 Å². The first kappa shape index (κ1) is 20.7. The topological polar surface area (TPSA) is 116 Å². The molecular formula is C23H17N5O4S. The maximum Gasteiger partial charge on any atom is 0.433 e. The van der Waals surface area contributed by atoms with Crippen LogP contribution in [0.3, 0.4) is 0 Å². The molecule has 0 saturated heterocycles. The fourth-order valence-corrected chi connectivity index (χ4v) is 3.98. The van der Waals surface area contributed by atoms with Gasteiger partial charge in [0.2, 0.25) is 11.0 Å². The lowest BCUT2D eigenvalue weighted by Crippen LogP contribution is -2.23. The summed E-state index contributed by atoms with van der Waals surface area (Å²) >= 11 is 1.47. The van der Waals surface area contributed by atoms with E-state index in [0.717, 1.165) is 16.8 Å². The third-order valence-corrected chi connectivity index (χ3v) is 5.70. The Kier molecular flexibility index (Phi) is 5.73. The normalized spacial score (nSPS) is 14.6. The first-order chi connectivity index (χ1) is 16.2. The molecule has 0 fully saturated rings. The van der Waals surface area contributed by atoms with Crippen molar-refractivity contribution in [1.29, 1.82) is 0 Å². The molecule has 10 heteroatoms. The number of para-hydroxylation sites is 1. The number of hydrogen-bond donors (Lipinski definition) is 1. The Morgan fingerprint density at radius 3 is 2.70 bits per heavy atom. The van der Waals surface area contributed by atoms with Gasteiger partial charge in [-0.3, -0.25) is 10.1 Å². The monoisotopic (exact) mass is 459 g/mol. The van der Waals surface area contributed by atoms with Crippen molar-refractivity contribution in [3.8, 4) is 17.1 Å². The summed E-state index contributed by atoms with van der Waals surface area (Å²) in [6.45, 7) is 0. The van der Waals surface area contributed by atoms with E-state index in [2.05, 4.69) is 20.5 Å². The highest BCUT2D eigenvalue weighted by molar-refractivity contribution is 7.98. The summed E-state index contributed by atoms with van der Waals surface area (Å²) in [5.41, 5.74) is 3.31. The van der Waals surface area contributed by atoms with Crippen LogP contribution in [0.5, 0.6) is 5.88 Å². The summed E-state index contributed by atoms with van der Waals surface area (Å²) in [5, 5.41) is 23.3. The molecule has 3 heterocycles. The number of ether oxygens (including phenoxy) is 1. The number of rotatable bonds is 6. The van der Waals surface area contributed by atoms with Crippen LogP contribution in [0.4, 0.5) is 11.6 Å². The van der Waals surface area contributed by atoms with Crippen molar-refractivity contribution in [2.75, 3.05) is 5.32 Å². The van der Waals surface area contributed by atoms with Gasteiger partial charge in [-0.1, -0.05) is 60.3 Å². The number of benzene rings is 2. The predicted octanol–water partition coefficient (Wildman–Crippen LogP) is 5.18. The van der Waals surface area contributed by atoms with E-state index in [9.17, 15) is 10.1 Å². The molecule has 1 unspecified atom stereocenters. The van der Waals surface area contributed by atoms with Crippen molar-refractivity contribution in [1.82, 2.24) is 15.2 Å². The average molecular weight is 459 g/mol. The molecule has 0 saturated carbocycles. The van der Waals surface area contributed by atoms with Crippen molar-refractivity contribution in [2.24, 2.45) is 0 Å². The average Bonchev–Trinajstić information content (AvgIpc) is 3.26. The zero-order chi connectivity index (χ0) is 22.6. The van der Waals surface area contributed by atoms with Crippen LogP contribution in [0.2, 0.25) is 0 Å². The Bertz CT molecular complexity index is 1330. The molecule has 164 valence electrons. The van der Waals surface area contributed by atoms with Gasteiger partial charge in [-0.05, 0) is 29.8 Å². The predicted molar refractivity (Wildman–Crippen MR) is 124 cm³/mol. The number of nitrogens with one attached hydrogen (secondary N) is 1. The molecule has 0 spiro atoms. The van der Waals surface area contributed by atoms with Crippen LogP contribution in [0.15, 0.2) is 82.4 Å². The van der Waals surface area contributed by atoms with Crippen LogP contribution in [0.25, 0.3) is 17.3 Å². The SMILES string of the molecule is O=[N+]([O-])c1ccc(/C=C/C2Nc3ccccc3-c3nnc(SCc4ccccc4)nc3O2)o1. The first-order valence-corrected chi connectivity index (χ1v) is 11.0. The second kappa shape index (κ2) is 9.13. The van der Waals surface area contributed by atoms with Gasteiger partial charge in [0.1, 0.15) is 10.7 Å². The van der Waals surface area contributed by atoms with E-state index < -0.39 is 11.2 Å². The molecule has 1 N–H and O–H groups in total. The highest BCUT2D eigenvalue weighted by atomic mass is 32.2. The minimum absolute atomic E-state index is 0.322.